The molecule has 1 nitrogen and oxygen atoms in total. The van der Waals surface area contributed by atoms with Gasteiger partial charge in [-0.25, -0.2) is 0 Å². The highest BCUT2D eigenvalue weighted by Crippen LogP contribution is 2.64. The Labute approximate surface area is 197 Å². The largest absolute Gasteiger partial charge is 0.460 e. The third kappa shape index (κ3) is 5.30. The number of alkyl halides is 17. The van der Waals surface area contributed by atoms with Crippen LogP contribution in [0.3, 0.4) is 0 Å². The van der Waals surface area contributed by atoms with Crippen molar-refractivity contribution in [1.82, 2.24) is 5.32 Å². The average molecular weight is 581 g/mol. The number of rotatable bonds is 12. The van der Waals surface area contributed by atoms with Gasteiger partial charge in [0.05, 0.1) is 0 Å². The Bertz CT molecular complexity index is 892. The van der Waals surface area contributed by atoms with Gasteiger partial charge in [0.25, 0.3) is 0 Å². The lowest BCUT2D eigenvalue weighted by molar-refractivity contribution is -0.461. The van der Waals surface area contributed by atoms with Crippen LogP contribution in [0.15, 0.2) is 30.3 Å². The van der Waals surface area contributed by atoms with Crippen molar-refractivity contribution in [3.05, 3.63) is 35.9 Å². The van der Waals surface area contributed by atoms with Crippen LogP contribution in [-0.4, -0.2) is 54.2 Å². The van der Waals surface area contributed by atoms with E-state index >= 15 is 0 Å². The summed E-state index contributed by atoms with van der Waals surface area (Å²) in [6, 6.07) is 7.03. The number of nitrogens with one attached hydrogen (secondary N) is 1. The van der Waals surface area contributed by atoms with Gasteiger partial charge in [-0.15, -0.1) is 0 Å². The molecule has 0 aliphatic rings. The molecule has 0 bridgehead atoms. The lowest BCUT2D eigenvalue weighted by atomic mass is 9.88. The summed E-state index contributed by atoms with van der Waals surface area (Å²) in [6.07, 6.45) is -11.4. The summed E-state index contributed by atoms with van der Waals surface area (Å²) in [7, 11) is 0. The quantitative estimate of drug-likeness (QED) is 0.194. The maximum atomic E-state index is 13.8. The van der Waals surface area contributed by atoms with Crippen LogP contribution in [0.5, 0.6) is 0 Å². The molecule has 0 aromatic heterocycles. The van der Waals surface area contributed by atoms with Crippen LogP contribution in [0.1, 0.15) is 31.4 Å². The van der Waals surface area contributed by atoms with Crippen LogP contribution in [0.4, 0.5) is 74.6 Å². The molecule has 0 heterocycles. The molecule has 0 fully saturated rings. The fraction of sp³-hybridized carbons (Fsp3) is 0.684. The molecular weight excluding hydrogens is 565 g/mol. The van der Waals surface area contributed by atoms with Gasteiger partial charge in [-0.3, -0.25) is 0 Å². The third-order valence-electron chi connectivity index (χ3n) is 5.20. The minimum Gasteiger partial charge on any atom is -0.310 e. The predicted molar refractivity (Wildman–Crippen MR) is 92.8 cm³/mol. The van der Waals surface area contributed by atoms with E-state index in [1.807, 2.05) is 0 Å². The van der Waals surface area contributed by atoms with Crippen molar-refractivity contribution < 1.29 is 74.6 Å². The maximum Gasteiger partial charge on any atom is 0.460 e. The molecule has 0 aliphatic carbocycles. The molecule has 37 heavy (non-hydrogen) atoms. The Morgan fingerprint density at radius 1 is 0.568 bits per heavy atom. The van der Waals surface area contributed by atoms with E-state index in [0.29, 0.717) is 5.56 Å². The maximum absolute atomic E-state index is 13.8. The number of benzene rings is 1. The van der Waals surface area contributed by atoms with Crippen LogP contribution in [0, 0.1) is 0 Å². The molecule has 0 aliphatic heterocycles. The first kappa shape index (κ1) is 33.0. The molecule has 1 aromatic rings. The third-order valence-corrected chi connectivity index (χ3v) is 5.20. The van der Waals surface area contributed by atoms with Crippen molar-refractivity contribution in [3.63, 3.8) is 0 Å². The molecule has 0 spiro atoms. The van der Waals surface area contributed by atoms with E-state index in [1.54, 1.807) is 6.07 Å². The highest BCUT2D eigenvalue weighted by atomic mass is 19.4. The van der Waals surface area contributed by atoms with Crippen LogP contribution < -0.4 is 5.32 Å². The molecule has 0 saturated carbocycles. The number of halogens is 17. The molecular formula is C19H16F17N. The van der Waals surface area contributed by atoms with Gasteiger partial charge in [-0.2, -0.15) is 74.6 Å². The van der Waals surface area contributed by atoms with Crippen LogP contribution in [0.25, 0.3) is 0 Å². The molecule has 1 N–H and O–H groups in total. The minimum atomic E-state index is -8.60. The molecule has 0 amide bonds. The Balaban J connectivity index is 3.19. The lowest BCUT2D eigenvalue weighted by Gasteiger charge is -2.42. The summed E-state index contributed by atoms with van der Waals surface area (Å²) in [4.78, 5) is 0. The van der Waals surface area contributed by atoms with Gasteiger partial charge in [-0.1, -0.05) is 30.3 Å². The molecule has 1 rings (SSSR count). The summed E-state index contributed by atoms with van der Waals surface area (Å²) < 4.78 is 225. The molecule has 0 radical (unpaired) electrons. The number of hydrogen-bond acceptors (Lipinski definition) is 1. The van der Waals surface area contributed by atoms with Crippen molar-refractivity contribution in [2.75, 3.05) is 6.54 Å². The topological polar surface area (TPSA) is 12.0 Å². The first-order chi connectivity index (χ1) is 16.2. The SMILES string of the molecule is CC(NCCCC(F)(F)C(F)(F)C(F)(F)C(F)(F)C(F)(F)C(F)(F)C(F)(F)C(F)(F)F)c1ccccc1. The van der Waals surface area contributed by atoms with Crippen LogP contribution in [0.2, 0.25) is 0 Å². The Kier molecular flexibility index (Phi) is 8.87. The summed E-state index contributed by atoms with van der Waals surface area (Å²) in [6.45, 7) is 0.742. The highest BCUT2D eigenvalue weighted by molar-refractivity contribution is 5.18. The van der Waals surface area contributed by atoms with E-state index in [4.69, 9.17) is 0 Å². The second-order valence-corrected chi connectivity index (χ2v) is 7.84. The van der Waals surface area contributed by atoms with Gasteiger partial charge in [0.2, 0.25) is 0 Å². The summed E-state index contributed by atoms with van der Waals surface area (Å²) in [5.74, 6) is -56.0. The molecule has 216 valence electrons. The van der Waals surface area contributed by atoms with E-state index in [9.17, 15) is 74.6 Å². The van der Waals surface area contributed by atoms with Crippen molar-refractivity contribution in [3.8, 4) is 0 Å². The lowest BCUT2D eigenvalue weighted by Crippen LogP contribution is -2.74. The van der Waals surface area contributed by atoms with Crippen LogP contribution >= 0.6 is 0 Å². The van der Waals surface area contributed by atoms with E-state index in [0.717, 1.165) is 0 Å². The highest BCUT2D eigenvalue weighted by Gasteiger charge is 2.95. The smallest absolute Gasteiger partial charge is 0.310 e. The Morgan fingerprint density at radius 2 is 0.946 bits per heavy atom. The fourth-order valence-electron chi connectivity index (χ4n) is 2.84. The van der Waals surface area contributed by atoms with Gasteiger partial charge < -0.3 is 5.32 Å². The van der Waals surface area contributed by atoms with Crippen molar-refractivity contribution in [2.45, 2.75) is 73.4 Å². The van der Waals surface area contributed by atoms with E-state index in [1.165, 1.54) is 31.2 Å². The Morgan fingerprint density at radius 3 is 1.35 bits per heavy atom. The molecule has 1 unspecified atom stereocenters. The molecule has 18 heteroatoms. The monoisotopic (exact) mass is 581 g/mol. The zero-order chi connectivity index (χ0) is 29.5. The standard InChI is InChI=1S/C19H16F17N/c1-10(11-6-3-2-4-7-11)37-9-5-8-12(20,21)13(22,23)14(24,25)15(26,27)16(28,29)17(30,31)18(32,33)19(34,35)36/h2-4,6-7,10,37H,5,8-9H2,1H3. The number of hydrogen-bond donors (Lipinski definition) is 1. The van der Waals surface area contributed by atoms with E-state index in [2.05, 4.69) is 5.32 Å². The van der Waals surface area contributed by atoms with Gasteiger partial charge in [0, 0.05) is 12.5 Å². The van der Waals surface area contributed by atoms with Gasteiger partial charge in [0.1, 0.15) is 0 Å². The van der Waals surface area contributed by atoms with Gasteiger partial charge >= 0.3 is 47.6 Å². The first-order valence-electron chi connectivity index (χ1n) is 9.74. The van der Waals surface area contributed by atoms with E-state index in [-0.39, 0.29) is 0 Å². The van der Waals surface area contributed by atoms with Gasteiger partial charge in [0.15, 0.2) is 0 Å². The van der Waals surface area contributed by atoms with Crippen molar-refractivity contribution in [2.24, 2.45) is 0 Å². The Hall–Kier alpha value is -2.01. The zero-order valence-corrected chi connectivity index (χ0v) is 18.0. The molecule has 1 atom stereocenters. The fourth-order valence-corrected chi connectivity index (χ4v) is 2.84. The second-order valence-electron chi connectivity index (χ2n) is 7.84. The van der Waals surface area contributed by atoms with Crippen molar-refractivity contribution in [1.29, 1.82) is 0 Å². The van der Waals surface area contributed by atoms with E-state index < -0.39 is 73.1 Å². The minimum absolute atomic E-state index is 0.518. The average Bonchev–Trinajstić information content (AvgIpc) is 2.75. The summed E-state index contributed by atoms with van der Waals surface area (Å²) in [5.41, 5.74) is 0.518. The van der Waals surface area contributed by atoms with Gasteiger partial charge in [-0.05, 0) is 25.5 Å². The second kappa shape index (κ2) is 9.94. The molecule has 0 saturated heterocycles. The van der Waals surface area contributed by atoms with Crippen LogP contribution in [-0.2, 0) is 0 Å². The van der Waals surface area contributed by atoms with Crippen molar-refractivity contribution >= 4 is 0 Å². The zero-order valence-electron chi connectivity index (χ0n) is 18.0. The summed E-state index contributed by atoms with van der Waals surface area (Å²) >= 11 is 0. The summed E-state index contributed by atoms with van der Waals surface area (Å²) in [5, 5.41) is 2.44. The first-order valence-corrected chi connectivity index (χ1v) is 9.74. The molecule has 1 aromatic carbocycles. The predicted octanol–water partition coefficient (Wildman–Crippen LogP) is 8.13. The normalized spacial score (nSPS) is 16.2.